The maximum Gasteiger partial charge on any atom is 0.256 e. The second-order valence-electron chi connectivity index (χ2n) is 12.8. The van der Waals surface area contributed by atoms with E-state index in [4.69, 9.17) is 0 Å². The average molecular weight is 609 g/mol. The molecule has 6 rings (SSSR count). The second-order valence-corrected chi connectivity index (χ2v) is 12.8. The lowest BCUT2D eigenvalue weighted by atomic mass is 10.00. The number of piperidine rings is 1. The third-order valence-corrected chi connectivity index (χ3v) is 10.0. The van der Waals surface area contributed by atoms with Crippen LogP contribution in [0.4, 0.5) is 5.69 Å². The quantitative estimate of drug-likeness (QED) is 0.392. The Morgan fingerprint density at radius 1 is 0.978 bits per heavy atom. The highest BCUT2D eigenvalue weighted by Gasteiger charge is 2.31. The number of aryl methyl sites for hydroxylation is 1. The van der Waals surface area contributed by atoms with Gasteiger partial charge < -0.3 is 25.0 Å². The fourth-order valence-electron chi connectivity index (χ4n) is 6.99. The normalized spacial score (nSPS) is 19.4. The van der Waals surface area contributed by atoms with E-state index in [2.05, 4.69) is 27.1 Å². The van der Waals surface area contributed by atoms with Crippen molar-refractivity contribution in [2.24, 2.45) is 0 Å². The van der Waals surface area contributed by atoms with Crippen LogP contribution in [0.15, 0.2) is 48.5 Å². The number of fused-ring (bicyclic) bond motifs is 1. The minimum atomic E-state index is -0.231. The molecule has 1 atom stereocenters. The number of nitrogens with one attached hydrogen (secondary N) is 2. The van der Waals surface area contributed by atoms with Crippen LogP contribution < -0.4 is 5.32 Å². The van der Waals surface area contributed by atoms with E-state index in [1.54, 1.807) is 30.1 Å². The molecular formula is C36H44N6O3. The summed E-state index contributed by atoms with van der Waals surface area (Å²) in [4.78, 5) is 52.4. The molecule has 0 spiro atoms. The molecule has 1 unspecified atom stereocenters. The van der Waals surface area contributed by atoms with Crippen LogP contribution in [0.1, 0.15) is 74.6 Å². The first-order chi connectivity index (χ1) is 21.6. The third kappa shape index (κ3) is 6.07. The van der Waals surface area contributed by atoms with Gasteiger partial charge in [0.1, 0.15) is 0 Å². The van der Waals surface area contributed by atoms with Gasteiger partial charge in [-0.05, 0) is 89.2 Å². The zero-order valence-electron chi connectivity index (χ0n) is 27.0. The number of rotatable bonds is 6. The molecule has 0 radical (unpaired) electrons. The molecule has 236 valence electrons. The molecule has 2 N–H and O–H groups in total. The molecule has 4 heterocycles. The maximum atomic E-state index is 13.8. The van der Waals surface area contributed by atoms with Crippen LogP contribution in [0, 0.1) is 13.8 Å². The molecule has 9 heteroatoms. The lowest BCUT2D eigenvalue weighted by molar-refractivity contribution is -0.110. The molecular weight excluding hydrogens is 564 g/mol. The van der Waals surface area contributed by atoms with Gasteiger partial charge in [0.15, 0.2) is 0 Å². The summed E-state index contributed by atoms with van der Waals surface area (Å²) in [5.41, 5.74) is 6.39. The monoisotopic (exact) mass is 608 g/mol. The first kappa shape index (κ1) is 30.8. The van der Waals surface area contributed by atoms with Crippen LogP contribution in [0.25, 0.3) is 11.6 Å². The van der Waals surface area contributed by atoms with Gasteiger partial charge in [0, 0.05) is 67.5 Å². The topological polar surface area (TPSA) is 92.0 Å². The van der Waals surface area contributed by atoms with E-state index in [0.717, 1.165) is 61.8 Å². The van der Waals surface area contributed by atoms with Crippen LogP contribution in [-0.4, -0.2) is 102 Å². The maximum absolute atomic E-state index is 13.8. The first-order valence-electron chi connectivity index (χ1n) is 16.0. The van der Waals surface area contributed by atoms with Crippen LogP contribution >= 0.6 is 0 Å². The predicted octanol–water partition coefficient (Wildman–Crippen LogP) is 4.81. The van der Waals surface area contributed by atoms with Crippen molar-refractivity contribution in [2.75, 3.05) is 58.7 Å². The molecule has 3 amide bonds. The van der Waals surface area contributed by atoms with E-state index >= 15 is 0 Å². The van der Waals surface area contributed by atoms with Crippen molar-refractivity contribution < 1.29 is 14.4 Å². The fourth-order valence-corrected chi connectivity index (χ4v) is 6.99. The average Bonchev–Trinajstić information content (AvgIpc) is 3.53. The van der Waals surface area contributed by atoms with Crippen molar-refractivity contribution >= 4 is 35.1 Å². The van der Waals surface area contributed by atoms with Gasteiger partial charge >= 0.3 is 0 Å². The van der Waals surface area contributed by atoms with Crippen LogP contribution in [0.5, 0.6) is 0 Å². The highest BCUT2D eigenvalue weighted by Crippen LogP contribution is 2.35. The summed E-state index contributed by atoms with van der Waals surface area (Å²) >= 11 is 0. The Morgan fingerprint density at radius 3 is 2.36 bits per heavy atom. The highest BCUT2D eigenvalue weighted by atomic mass is 16.2. The van der Waals surface area contributed by atoms with E-state index in [0.29, 0.717) is 34.0 Å². The molecule has 3 aromatic rings. The summed E-state index contributed by atoms with van der Waals surface area (Å²) in [6.45, 7) is 11.4. The Hall–Kier alpha value is -4.21. The van der Waals surface area contributed by atoms with Crippen molar-refractivity contribution in [1.29, 1.82) is 0 Å². The van der Waals surface area contributed by atoms with Crippen LogP contribution in [0.2, 0.25) is 0 Å². The molecule has 2 fully saturated rings. The Bertz CT molecular complexity index is 1630. The zero-order chi connectivity index (χ0) is 31.8. The summed E-state index contributed by atoms with van der Waals surface area (Å²) in [6.07, 6.45) is 4.19. The van der Waals surface area contributed by atoms with Gasteiger partial charge in [0.2, 0.25) is 0 Å². The number of aromatic nitrogens is 1. The zero-order valence-corrected chi connectivity index (χ0v) is 27.0. The number of benzene rings is 2. The van der Waals surface area contributed by atoms with Gasteiger partial charge in [0.05, 0.1) is 17.2 Å². The molecule has 45 heavy (non-hydrogen) atoms. The minimum Gasteiger partial charge on any atom is -0.358 e. The van der Waals surface area contributed by atoms with E-state index in [1.165, 1.54) is 12.8 Å². The summed E-state index contributed by atoms with van der Waals surface area (Å²) in [5, 5.41) is 2.93. The van der Waals surface area contributed by atoms with Crippen molar-refractivity contribution in [1.82, 2.24) is 24.6 Å². The molecule has 2 aromatic carbocycles. The van der Waals surface area contributed by atoms with Crippen LogP contribution in [-0.2, 0) is 4.79 Å². The van der Waals surface area contributed by atoms with E-state index in [-0.39, 0.29) is 23.8 Å². The second kappa shape index (κ2) is 12.7. The van der Waals surface area contributed by atoms with Gasteiger partial charge in [-0.15, -0.1) is 0 Å². The van der Waals surface area contributed by atoms with Crippen molar-refractivity contribution in [3.05, 3.63) is 87.7 Å². The van der Waals surface area contributed by atoms with E-state index in [1.807, 2.05) is 62.1 Å². The summed E-state index contributed by atoms with van der Waals surface area (Å²) in [5.74, 6) is -0.317. The highest BCUT2D eigenvalue weighted by molar-refractivity contribution is 6.35. The SMILES string of the molecule is Cc1[nH]c(C=C2C(=O)Nc3ccc(C(=O)N(C)C(C)c4ccccc4)cc32)c(C)c1C(=O)N1CCN(C2CCN(C)CC2)CC1. The number of likely N-dealkylation sites (tertiary alicyclic amines) is 1. The molecule has 0 aliphatic carbocycles. The predicted molar refractivity (Wildman–Crippen MR) is 178 cm³/mol. The molecule has 0 saturated carbocycles. The third-order valence-electron chi connectivity index (χ3n) is 10.0. The molecule has 2 saturated heterocycles. The number of H-pyrrole nitrogens is 1. The summed E-state index contributed by atoms with van der Waals surface area (Å²) < 4.78 is 0. The minimum absolute atomic E-state index is 0.0358. The Labute approximate surface area is 265 Å². The van der Waals surface area contributed by atoms with Gasteiger partial charge in [-0.3, -0.25) is 19.3 Å². The van der Waals surface area contributed by atoms with Crippen molar-refractivity contribution in [3.8, 4) is 0 Å². The number of piperazine rings is 1. The van der Waals surface area contributed by atoms with E-state index < -0.39 is 0 Å². The van der Waals surface area contributed by atoms with Gasteiger partial charge in [-0.2, -0.15) is 0 Å². The first-order valence-corrected chi connectivity index (χ1v) is 16.0. The largest absolute Gasteiger partial charge is 0.358 e. The van der Waals surface area contributed by atoms with Crippen molar-refractivity contribution in [3.63, 3.8) is 0 Å². The van der Waals surface area contributed by atoms with Crippen LogP contribution in [0.3, 0.4) is 0 Å². The number of amides is 3. The van der Waals surface area contributed by atoms with Crippen molar-refractivity contribution in [2.45, 2.75) is 45.7 Å². The fraction of sp³-hybridized carbons (Fsp3) is 0.417. The van der Waals surface area contributed by atoms with Gasteiger partial charge in [-0.1, -0.05) is 30.3 Å². The molecule has 1 aromatic heterocycles. The number of carbonyl (C=O) groups is 3. The van der Waals surface area contributed by atoms with Gasteiger partial charge in [0.25, 0.3) is 17.7 Å². The Morgan fingerprint density at radius 2 is 1.67 bits per heavy atom. The van der Waals surface area contributed by atoms with E-state index in [9.17, 15) is 14.4 Å². The van der Waals surface area contributed by atoms with Gasteiger partial charge in [-0.25, -0.2) is 0 Å². The number of carbonyl (C=O) groups excluding carboxylic acids is 3. The molecule has 9 nitrogen and oxygen atoms in total. The summed E-state index contributed by atoms with van der Waals surface area (Å²) in [7, 11) is 3.98. The molecule has 3 aliphatic heterocycles. The smallest absolute Gasteiger partial charge is 0.256 e. The standard InChI is InChI=1S/C36H44N6O3/c1-23-32(37-24(2)33(23)36(45)42-19-17-41(18-20-42)28-13-15-39(4)16-14-28)22-30-29-21-27(11-12-31(29)38-34(30)43)35(44)40(5)25(3)26-9-7-6-8-10-26/h6-12,21-22,25,28,37H,13-20H2,1-5H3,(H,38,43). The number of hydrogen-bond acceptors (Lipinski definition) is 5. The Kier molecular flexibility index (Phi) is 8.66. The summed E-state index contributed by atoms with van der Waals surface area (Å²) in [6, 6.07) is 15.7. The lowest BCUT2D eigenvalue weighted by Gasteiger charge is -2.42. The number of anilines is 1. The number of nitrogens with zero attached hydrogens (tertiary/aromatic N) is 4. The lowest BCUT2D eigenvalue weighted by Crippen LogP contribution is -2.54. The molecule has 3 aliphatic rings. The number of hydrogen-bond donors (Lipinski definition) is 2. The Balaban J connectivity index is 1.19. The molecule has 0 bridgehead atoms. The number of aromatic amines is 1.